The maximum atomic E-state index is 10.8. The molecule has 0 saturated carbocycles. The molecular formula is C7H8N6O. The lowest BCUT2D eigenvalue weighted by atomic mass is 10.5. The monoisotopic (exact) mass is 192 g/mol. The molecule has 0 atom stereocenters. The minimum atomic E-state index is -0.207. The molecule has 0 aliphatic carbocycles. The minimum absolute atomic E-state index is 0.207. The molecule has 0 aromatic carbocycles. The van der Waals surface area contributed by atoms with Gasteiger partial charge in [-0.05, 0) is 0 Å². The molecule has 0 saturated heterocycles. The molecule has 0 bridgehead atoms. The minimum Gasteiger partial charge on any atom is -0.382 e. The van der Waals surface area contributed by atoms with E-state index >= 15 is 0 Å². The number of amides is 1. The highest BCUT2D eigenvalue weighted by atomic mass is 16.2. The molecule has 2 heterocycles. The molecule has 2 aromatic rings. The molecule has 3 N–H and O–H groups in total. The third-order valence-electron chi connectivity index (χ3n) is 1.64. The zero-order chi connectivity index (χ0) is 10.1. The van der Waals surface area contributed by atoms with Gasteiger partial charge < -0.3 is 5.73 Å². The Kier molecular flexibility index (Phi) is 1.77. The van der Waals surface area contributed by atoms with E-state index in [1.54, 1.807) is 0 Å². The summed E-state index contributed by atoms with van der Waals surface area (Å²) in [5.74, 6) is 0.0839. The van der Waals surface area contributed by atoms with Crippen molar-refractivity contribution >= 4 is 22.9 Å². The van der Waals surface area contributed by atoms with Crippen LogP contribution < -0.4 is 11.2 Å². The van der Waals surface area contributed by atoms with Crippen molar-refractivity contribution in [3.63, 3.8) is 0 Å². The number of hydrogen-bond donors (Lipinski definition) is 2. The maximum Gasteiger partial charge on any atom is 0.235 e. The van der Waals surface area contributed by atoms with Gasteiger partial charge in [0.15, 0.2) is 17.0 Å². The van der Waals surface area contributed by atoms with Crippen LogP contribution in [0.5, 0.6) is 0 Å². The van der Waals surface area contributed by atoms with Crippen LogP contribution in [0.2, 0.25) is 0 Å². The number of nitrogens with two attached hydrogens (primary N) is 1. The first-order valence-electron chi connectivity index (χ1n) is 3.89. The summed E-state index contributed by atoms with van der Waals surface area (Å²) in [7, 11) is 0. The summed E-state index contributed by atoms with van der Waals surface area (Å²) in [4.78, 5) is 22.5. The lowest BCUT2D eigenvalue weighted by Gasteiger charge is -2.01. The van der Waals surface area contributed by atoms with Gasteiger partial charge in [0.05, 0.1) is 0 Å². The first-order chi connectivity index (χ1) is 6.68. The number of carbonyl (C=O) groups is 1. The number of nitrogens with zero attached hydrogens (tertiary/aromatic N) is 4. The highest BCUT2D eigenvalue weighted by Gasteiger charge is 2.07. The second-order valence-electron chi connectivity index (χ2n) is 2.71. The average Bonchev–Trinajstić information content (AvgIpc) is 2.49. The van der Waals surface area contributed by atoms with E-state index in [9.17, 15) is 4.79 Å². The van der Waals surface area contributed by atoms with Crippen molar-refractivity contribution in [1.82, 2.24) is 19.6 Å². The van der Waals surface area contributed by atoms with Crippen molar-refractivity contribution in [1.29, 1.82) is 0 Å². The van der Waals surface area contributed by atoms with Crippen molar-refractivity contribution in [2.45, 2.75) is 6.92 Å². The summed E-state index contributed by atoms with van der Waals surface area (Å²) in [6.07, 6.45) is 2.74. The molecule has 0 aliphatic rings. The van der Waals surface area contributed by atoms with Gasteiger partial charge in [0.25, 0.3) is 0 Å². The molecule has 2 aromatic heterocycles. The fraction of sp³-hybridized carbons (Fsp3) is 0.143. The lowest BCUT2D eigenvalue weighted by molar-refractivity contribution is -0.115. The smallest absolute Gasteiger partial charge is 0.235 e. The number of rotatable bonds is 1. The fourth-order valence-electron chi connectivity index (χ4n) is 1.10. The van der Waals surface area contributed by atoms with Gasteiger partial charge in [-0.15, -0.1) is 0 Å². The van der Waals surface area contributed by atoms with Gasteiger partial charge in [-0.3, -0.25) is 10.2 Å². The molecule has 2 rings (SSSR count). The van der Waals surface area contributed by atoms with Crippen LogP contribution in [0.15, 0.2) is 12.7 Å². The van der Waals surface area contributed by atoms with E-state index in [1.165, 1.54) is 24.3 Å². The highest BCUT2D eigenvalue weighted by molar-refractivity contribution is 5.86. The number of fused-ring (bicyclic) bond motifs is 1. The first kappa shape index (κ1) is 8.42. The van der Waals surface area contributed by atoms with Crippen LogP contribution in [-0.2, 0) is 4.79 Å². The van der Waals surface area contributed by atoms with Crippen LogP contribution in [0.25, 0.3) is 11.2 Å². The zero-order valence-electron chi connectivity index (χ0n) is 7.43. The molecule has 7 nitrogen and oxygen atoms in total. The number of aromatic nitrogens is 4. The molecule has 7 heteroatoms. The van der Waals surface area contributed by atoms with Crippen molar-refractivity contribution < 1.29 is 4.79 Å². The van der Waals surface area contributed by atoms with Crippen LogP contribution in [0.4, 0.5) is 5.82 Å². The van der Waals surface area contributed by atoms with Crippen molar-refractivity contribution in [2.75, 3.05) is 11.2 Å². The second kappa shape index (κ2) is 2.95. The number of hydrogen-bond acceptors (Lipinski definition) is 5. The molecule has 0 unspecified atom stereocenters. The molecule has 0 fully saturated rings. The van der Waals surface area contributed by atoms with E-state index in [4.69, 9.17) is 5.73 Å². The van der Waals surface area contributed by atoms with Crippen molar-refractivity contribution in [3.8, 4) is 0 Å². The number of nitrogens with one attached hydrogen (secondary N) is 1. The molecular weight excluding hydrogens is 184 g/mol. The van der Waals surface area contributed by atoms with Crippen LogP contribution in [0.3, 0.4) is 0 Å². The quantitative estimate of drug-likeness (QED) is 0.634. The summed E-state index contributed by atoms with van der Waals surface area (Å²) in [6, 6.07) is 0. The van der Waals surface area contributed by atoms with E-state index in [-0.39, 0.29) is 5.91 Å². The van der Waals surface area contributed by atoms with Gasteiger partial charge in [-0.25, -0.2) is 19.6 Å². The van der Waals surface area contributed by atoms with Crippen molar-refractivity contribution in [3.05, 3.63) is 12.7 Å². The second-order valence-corrected chi connectivity index (χ2v) is 2.71. The Bertz CT molecular complexity index is 490. The SMILES string of the molecule is CC(=O)Nn1cnc2c(N)ncnc21. The summed E-state index contributed by atoms with van der Waals surface area (Å²) in [6.45, 7) is 1.40. The Labute approximate surface area is 78.9 Å². The van der Waals surface area contributed by atoms with E-state index < -0.39 is 0 Å². The number of carbonyl (C=O) groups excluding carboxylic acids is 1. The normalized spacial score (nSPS) is 10.4. The Morgan fingerprint density at radius 3 is 3.00 bits per heavy atom. The topological polar surface area (TPSA) is 98.7 Å². The Morgan fingerprint density at radius 1 is 1.50 bits per heavy atom. The Balaban J connectivity index is 2.58. The molecule has 0 aliphatic heterocycles. The zero-order valence-corrected chi connectivity index (χ0v) is 7.43. The van der Waals surface area contributed by atoms with Crippen molar-refractivity contribution in [2.24, 2.45) is 0 Å². The lowest BCUT2D eigenvalue weighted by Crippen LogP contribution is -2.19. The maximum absolute atomic E-state index is 10.8. The standard InChI is InChI=1S/C7H8N6O/c1-4(14)12-13-3-11-5-6(8)9-2-10-7(5)13/h2-3H,1H3,(H,12,14)(H2,8,9,10). The number of anilines is 1. The Hall–Kier alpha value is -2.18. The number of imidazole rings is 1. The average molecular weight is 192 g/mol. The molecule has 0 spiro atoms. The van der Waals surface area contributed by atoms with Gasteiger partial charge in [0, 0.05) is 6.92 Å². The van der Waals surface area contributed by atoms with Crippen LogP contribution in [-0.4, -0.2) is 25.5 Å². The first-order valence-corrected chi connectivity index (χ1v) is 3.89. The third kappa shape index (κ3) is 1.24. The highest BCUT2D eigenvalue weighted by Crippen LogP contribution is 2.12. The predicted molar refractivity (Wildman–Crippen MR) is 49.8 cm³/mol. The van der Waals surface area contributed by atoms with E-state index in [0.717, 1.165) is 0 Å². The molecule has 72 valence electrons. The Morgan fingerprint density at radius 2 is 2.29 bits per heavy atom. The predicted octanol–water partition coefficient (Wildman–Crippen LogP) is -0.502. The summed E-state index contributed by atoms with van der Waals surface area (Å²) < 4.78 is 1.40. The third-order valence-corrected chi connectivity index (χ3v) is 1.64. The van der Waals surface area contributed by atoms with Crippen LogP contribution in [0, 0.1) is 0 Å². The van der Waals surface area contributed by atoms with E-state index in [1.807, 2.05) is 0 Å². The van der Waals surface area contributed by atoms with Gasteiger partial charge >= 0.3 is 0 Å². The molecule has 14 heavy (non-hydrogen) atoms. The van der Waals surface area contributed by atoms with Gasteiger partial charge in [0.1, 0.15) is 12.7 Å². The summed E-state index contributed by atoms with van der Waals surface area (Å²) in [5, 5.41) is 0. The van der Waals surface area contributed by atoms with E-state index in [2.05, 4.69) is 20.4 Å². The number of nitrogen functional groups attached to an aromatic ring is 1. The largest absolute Gasteiger partial charge is 0.382 e. The fourth-order valence-corrected chi connectivity index (χ4v) is 1.10. The van der Waals surface area contributed by atoms with Crippen LogP contribution in [0.1, 0.15) is 6.92 Å². The summed E-state index contributed by atoms with van der Waals surface area (Å²) >= 11 is 0. The summed E-state index contributed by atoms with van der Waals surface area (Å²) in [5.41, 5.74) is 9.04. The van der Waals surface area contributed by atoms with Crippen LogP contribution >= 0.6 is 0 Å². The van der Waals surface area contributed by atoms with Gasteiger partial charge in [-0.2, -0.15) is 0 Å². The van der Waals surface area contributed by atoms with Gasteiger partial charge in [-0.1, -0.05) is 0 Å². The van der Waals surface area contributed by atoms with E-state index in [0.29, 0.717) is 17.0 Å². The molecule has 0 radical (unpaired) electrons. The molecule has 1 amide bonds. The van der Waals surface area contributed by atoms with Gasteiger partial charge in [0.2, 0.25) is 5.91 Å².